The number of amides is 2. The Hall–Kier alpha value is -2.33. The summed E-state index contributed by atoms with van der Waals surface area (Å²) in [6, 6.07) is 3.96. The molecule has 0 aromatic heterocycles. The average Bonchev–Trinajstić information content (AvgIpc) is 3.31. The summed E-state index contributed by atoms with van der Waals surface area (Å²) >= 11 is 0. The lowest BCUT2D eigenvalue weighted by molar-refractivity contribution is -0.137. The Morgan fingerprint density at radius 1 is 1.11 bits per heavy atom. The number of halogens is 3. The molecule has 2 heterocycles. The number of alkyl halides is 3. The molecule has 0 radical (unpaired) electrons. The first-order valence-electron chi connectivity index (χ1n) is 9.00. The minimum atomic E-state index is -4.51. The first-order chi connectivity index (χ1) is 13.3. The summed E-state index contributed by atoms with van der Waals surface area (Å²) in [5.74, 6) is 0.0373. The summed E-state index contributed by atoms with van der Waals surface area (Å²) in [7, 11) is 0. The molecule has 4 rings (SSSR count). The number of ether oxygens (including phenoxy) is 3. The first kappa shape index (κ1) is 19.0. The van der Waals surface area contributed by atoms with Gasteiger partial charge in [0.1, 0.15) is 12.2 Å². The van der Waals surface area contributed by atoms with E-state index in [1.807, 2.05) is 0 Å². The third kappa shape index (κ3) is 4.07. The van der Waals surface area contributed by atoms with Crippen LogP contribution in [0.2, 0.25) is 0 Å². The zero-order valence-electron chi connectivity index (χ0n) is 14.7. The molecular formula is C18H19F3N2O5. The maximum atomic E-state index is 12.8. The highest BCUT2D eigenvalue weighted by Gasteiger charge is 2.50. The molecule has 3 aliphatic rings. The second kappa shape index (κ2) is 7.25. The molecule has 3 fully saturated rings. The number of anilines is 1. The molecule has 0 unspecified atom stereocenters. The highest BCUT2D eigenvalue weighted by atomic mass is 19.4. The van der Waals surface area contributed by atoms with Crippen LogP contribution in [0.15, 0.2) is 24.3 Å². The molecular weight excluding hydrogens is 381 g/mol. The third-order valence-corrected chi connectivity index (χ3v) is 4.98. The van der Waals surface area contributed by atoms with Crippen LogP contribution in [0.4, 0.5) is 23.7 Å². The second-order valence-corrected chi connectivity index (χ2v) is 7.13. The van der Waals surface area contributed by atoms with Gasteiger partial charge in [0.05, 0.1) is 24.8 Å². The van der Waals surface area contributed by atoms with Crippen molar-refractivity contribution in [1.82, 2.24) is 5.32 Å². The lowest BCUT2D eigenvalue weighted by Crippen LogP contribution is -2.45. The van der Waals surface area contributed by atoms with E-state index in [1.165, 1.54) is 12.1 Å². The molecule has 0 bridgehead atoms. The number of hydrogen-bond acceptors (Lipinski definition) is 5. The van der Waals surface area contributed by atoms with Crippen molar-refractivity contribution in [3.8, 4) is 0 Å². The molecule has 0 spiro atoms. The Kier molecular flexibility index (Phi) is 4.92. The molecule has 1 aromatic rings. The van der Waals surface area contributed by atoms with Gasteiger partial charge in [0.15, 0.2) is 6.10 Å². The van der Waals surface area contributed by atoms with Gasteiger partial charge in [0, 0.05) is 11.6 Å². The molecule has 2 N–H and O–H groups in total. The van der Waals surface area contributed by atoms with Crippen LogP contribution in [-0.2, 0) is 25.2 Å². The predicted octanol–water partition coefficient (Wildman–Crippen LogP) is 2.31. The summed E-state index contributed by atoms with van der Waals surface area (Å²) in [5, 5.41) is 5.18. The van der Waals surface area contributed by atoms with Gasteiger partial charge in [-0.2, -0.15) is 13.2 Å². The topological polar surface area (TPSA) is 85.9 Å². The molecule has 28 heavy (non-hydrogen) atoms. The maximum Gasteiger partial charge on any atom is 0.416 e. The van der Waals surface area contributed by atoms with E-state index < -0.39 is 36.1 Å². The number of rotatable bonds is 4. The lowest BCUT2D eigenvalue weighted by Gasteiger charge is -2.18. The Morgan fingerprint density at radius 3 is 2.57 bits per heavy atom. The minimum Gasteiger partial charge on any atom is -0.441 e. The molecule has 7 nitrogen and oxygen atoms in total. The van der Waals surface area contributed by atoms with Crippen LogP contribution >= 0.6 is 0 Å². The van der Waals surface area contributed by atoms with E-state index in [-0.39, 0.29) is 36.8 Å². The van der Waals surface area contributed by atoms with Crippen molar-refractivity contribution in [3.63, 3.8) is 0 Å². The quantitative estimate of drug-likeness (QED) is 0.810. The Morgan fingerprint density at radius 2 is 1.86 bits per heavy atom. The normalized spacial score (nSPS) is 29.2. The molecule has 2 aliphatic heterocycles. The fourth-order valence-corrected chi connectivity index (χ4v) is 3.39. The molecule has 1 saturated carbocycles. The fraction of sp³-hybridized carbons (Fsp3) is 0.556. The molecule has 1 aliphatic carbocycles. The summed E-state index contributed by atoms with van der Waals surface area (Å²) in [5.41, 5.74) is -0.903. The monoisotopic (exact) mass is 400 g/mol. The average molecular weight is 400 g/mol. The molecule has 152 valence electrons. The SMILES string of the molecule is O=C(Nc1cccc(C(F)(F)F)c1)O[C@H]1CO[C@@H]2[C@@H]1OC[C@@H]2NC(=O)C1CC1. The van der Waals surface area contributed by atoms with Crippen molar-refractivity contribution in [2.75, 3.05) is 18.5 Å². The summed E-state index contributed by atoms with van der Waals surface area (Å²) in [6.45, 7) is 0.337. The summed E-state index contributed by atoms with van der Waals surface area (Å²) in [4.78, 5) is 24.0. The van der Waals surface area contributed by atoms with Gasteiger partial charge in [-0.1, -0.05) is 6.07 Å². The fourth-order valence-electron chi connectivity index (χ4n) is 3.39. The predicted molar refractivity (Wildman–Crippen MR) is 89.5 cm³/mol. The number of nitrogens with one attached hydrogen (secondary N) is 2. The van der Waals surface area contributed by atoms with E-state index in [2.05, 4.69) is 10.6 Å². The number of fused-ring (bicyclic) bond motifs is 1. The summed E-state index contributed by atoms with van der Waals surface area (Å²) < 4.78 is 54.8. The van der Waals surface area contributed by atoms with Gasteiger partial charge >= 0.3 is 12.3 Å². The minimum absolute atomic E-state index is 0.0236. The zero-order valence-corrected chi connectivity index (χ0v) is 14.7. The van der Waals surface area contributed by atoms with Crippen molar-refractivity contribution in [3.05, 3.63) is 29.8 Å². The van der Waals surface area contributed by atoms with E-state index in [1.54, 1.807) is 0 Å². The van der Waals surface area contributed by atoms with Gasteiger partial charge in [0.25, 0.3) is 0 Å². The maximum absolute atomic E-state index is 12.8. The van der Waals surface area contributed by atoms with E-state index in [4.69, 9.17) is 14.2 Å². The second-order valence-electron chi connectivity index (χ2n) is 7.13. The van der Waals surface area contributed by atoms with E-state index in [0.717, 1.165) is 25.0 Å². The Labute approximate surface area is 158 Å². The van der Waals surface area contributed by atoms with Crippen LogP contribution in [0.1, 0.15) is 18.4 Å². The molecule has 2 amide bonds. The van der Waals surface area contributed by atoms with Gasteiger partial charge in [-0.25, -0.2) is 4.79 Å². The first-order valence-corrected chi connectivity index (χ1v) is 9.00. The standard InChI is InChI=1S/C18H19F3N2O5/c19-18(20,21)10-2-1-3-11(6-10)22-17(25)28-13-8-27-14-12(7-26-15(13)14)23-16(24)9-4-5-9/h1-3,6,9,12-15H,4-5,7-8H2,(H,22,25)(H,23,24)/t12-,13-,14-,15+/m0/s1. The van der Waals surface area contributed by atoms with Crippen LogP contribution in [0.3, 0.4) is 0 Å². The Bertz CT molecular complexity index is 768. The van der Waals surface area contributed by atoms with Crippen molar-refractivity contribution in [2.24, 2.45) is 5.92 Å². The van der Waals surface area contributed by atoms with Crippen molar-refractivity contribution in [1.29, 1.82) is 0 Å². The van der Waals surface area contributed by atoms with Crippen molar-refractivity contribution < 1.29 is 37.0 Å². The highest BCUT2D eigenvalue weighted by Crippen LogP contribution is 2.33. The molecule has 2 saturated heterocycles. The van der Waals surface area contributed by atoms with Gasteiger partial charge in [-0.05, 0) is 31.0 Å². The highest BCUT2D eigenvalue weighted by molar-refractivity contribution is 5.85. The van der Waals surface area contributed by atoms with Crippen LogP contribution in [0.25, 0.3) is 0 Å². The Balaban J connectivity index is 1.31. The van der Waals surface area contributed by atoms with Gasteiger partial charge < -0.3 is 19.5 Å². The number of hydrogen-bond donors (Lipinski definition) is 2. The van der Waals surface area contributed by atoms with Gasteiger partial charge in [0.2, 0.25) is 5.91 Å². The van der Waals surface area contributed by atoms with Crippen LogP contribution in [0, 0.1) is 5.92 Å². The summed E-state index contributed by atoms with van der Waals surface area (Å²) in [6.07, 6.45) is -5.30. The van der Waals surface area contributed by atoms with Crippen molar-refractivity contribution >= 4 is 17.7 Å². The van der Waals surface area contributed by atoms with E-state index in [0.29, 0.717) is 0 Å². The molecule has 1 aromatic carbocycles. The molecule has 10 heteroatoms. The largest absolute Gasteiger partial charge is 0.441 e. The van der Waals surface area contributed by atoms with Crippen LogP contribution < -0.4 is 10.6 Å². The lowest BCUT2D eigenvalue weighted by atomic mass is 10.1. The number of carbonyl (C=O) groups excluding carboxylic acids is 2. The van der Waals surface area contributed by atoms with E-state index in [9.17, 15) is 22.8 Å². The number of carbonyl (C=O) groups is 2. The van der Waals surface area contributed by atoms with Gasteiger partial charge in [-0.3, -0.25) is 10.1 Å². The smallest absolute Gasteiger partial charge is 0.416 e. The zero-order chi connectivity index (χ0) is 19.9. The number of benzene rings is 1. The van der Waals surface area contributed by atoms with Gasteiger partial charge in [-0.15, -0.1) is 0 Å². The van der Waals surface area contributed by atoms with Crippen LogP contribution in [-0.4, -0.2) is 49.6 Å². The molecule has 4 atom stereocenters. The van der Waals surface area contributed by atoms with E-state index >= 15 is 0 Å². The van der Waals surface area contributed by atoms with Crippen LogP contribution in [0.5, 0.6) is 0 Å². The third-order valence-electron chi connectivity index (χ3n) is 4.98. The van der Waals surface area contributed by atoms with Crippen molar-refractivity contribution in [2.45, 2.75) is 43.4 Å².